The molecule has 0 fully saturated rings. The number of hydrazone groups is 1. The van der Waals surface area contributed by atoms with E-state index >= 15 is 0 Å². The number of esters is 1. The third kappa shape index (κ3) is 5.91. The minimum atomic E-state index is -0.964. The summed E-state index contributed by atoms with van der Waals surface area (Å²) in [6.07, 6.45) is 1.31. The van der Waals surface area contributed by atoms with Crippen molar-refractivity contribution >= 4 is 74.3 Å². The molecule has 0 atom stereocenters. The van der Waals surface area contributed by atoms with Gasteiger partial charge in [0.25, 0.3) is 0 Å². The Bertz CT molecular complexity index is 1550. The third-order valence-electron chi connectivity index (χ3n) is 5.21. The summed E-state index contributed by atoms with van der Waals surface area (Å²) in [5.41, 5.74) is 3.73. The molecule has 0 bridgehead atoms. The number of thiophene rings is 1. The van der Waals surface area contributed by atoms with Crippen LogP contribution in [0.4, 0.5) is 5.69 Å². The van der Waals surface area contributed by atoms with E-state index in [1.54, 1.807) is 37.3 Å². The van der Waals surface area contributed by atoms with Gasteiger partial charge in [0.1, 0.15) is 4.88 Å². The third-order valence-corrected chi connectivity index (χ3v) is 7.28. The van der Waals surface area contributed by atoms with Crippen LogP contribution in [0, 0.1) is 6.92 Å². The van der Waals surface area contributed by atoms with Crippen LogP contribution in [0.2, 0.25) is 10.0 Å². The second-order valence-corrected chi connectivity index (χ2v) is 9.44. The standard InChI is InChI=1S/C26H19Cl2N3O5S/c1-14-17(27)7-5-8-18(14)30-24(32)25(33)31-29-13-15-10-11-19(20(12-15)35-2)36-26(34)23-22(28)16-6-3-4-9-21(16)37-23/h3-13H,1-2H3,(H,30,32)(H,31,33)/b29-13+. The first-order valence-electron chi connectivity index (χ1n) is 10.7. The zero-order chi connectivity index (χ0) is 26.5. The number of rotatable bonds is 6. The van der Waals surface area contributed by atoms with Crippen molar-refractivity contribution in [2.45, 2.75) is 6.92 Å². The molecule has 0 aliphatic heterocycles. The molecule has 0 saturated heterocycles. The van der Waals surface area contributed by atoms with E-state index < -0.39 is 17.8 Å². The van der Waals surface area contributed by atoms with Gasteiger partial charge in [-0.1, -0.05) is 47.5 Å². The van der Waals surface area contributed by atoms with E-state index in [-0.39, 0.29) is 16.4 Å². The number of hydrogen-bond donors (Lipinski definition) is 2. The van der Waals surface area contributed by atoms with Crippen LogP contribution >= 0.6 is 34.5 Å². The van der Waals surface area contributed by atoms with Gasteiger partial charge in [-0.05, 0) is 54.4 Å². The molecule has 0 saturated carbocycles. The fourth-order valence-electron chi connectivity index (χ4n) is 3.28. The van der Waals surface area contributed by atoms with Gasteiger partial charge in [0.15, 0.2) is 11.5 Å². The first kappa shape index (κ1) is 26.2. The molecule has 4 aromatic rings. The Hall–Kier alpha value is -3.92. The highest BCUT2D eigenvalue weighted by Crippen LogP contribution is 2.37. The number of hydrogen-bond acceptors (Lipinski definition) is 7. The molecule has 0 radical (unpaired) electrons. The van der Waals surface area contributed by atoms with Crippen LogP contribution in [-0.2, 0) is 9.59 Å². The Labute approximate surface area is 225 Å². The van der Waals surface area contributed by atoms with Gasteiger partial charge in [0, 0.05) is 20.8 Å². The Morgan fingerprint density at radius 3 is 2.51 bits per heavy atom. The van der Waals surface area contributed by atoms with Gasteiger partial charge in [0.2, 0.25) is 0 Å². The summed E-state index contributed by atoms with van der Waals surface area (Å²) in [5, 5.41) is 7.86. The maximum atomic E-state index is 12.8. The van der Waals surface area contributed by atoms with E-state index in [1.807, 2.05) is 24.3 Å². The molecule has 4 rings (SSSR count). The monoisotopic (exact) mass is 555 g/mol. The topological polar surface area (TPSA) is 106 Å². The Balaban J connectivity index is 1.40. The molecule has 0 unspecified atom stereocenters. The van der Waals surface area contributed by atoms with Crippen LogP contribution in [0.1, 0.15) is 20.8 Å². The van der Waals surface area contributed by atoms with E-state index in [1.165, 1.54) is 30.7 Å². The Kier molecular flexibility index (Phi) is 8.08. The Morgan fingerprint density at radius 2 is 1.76 bits per heavy atom. The number of fused-ring (bicyclic) bond motifs is 1. The number of benzene rings is 3. The second-order valence-electron chi connectivity index (χ2n) is 7.61. The van der Waals surface area contributed by atoms with Crippen molar-refractivity contribution in [2.75, 3.05) is 12.4 Å². The average molecular weight is 556 g/mol. The van der Waals surface area contributed by atoms with Gasteiger partial charge in [0.05, 0.1) is 18.3 Å². The molecule has 11 heteroatoms. The van der Waals surface area contributed by atoms with Gasteiger partial charge in [-0.25, -0.2) is 10.2 Å². The van der Waals surface area contributed by atoms with Crippen LogP contribution in [0.25, 0.3) is 10.1 Å². The lowest BCUT2D eigenvalue weighted by molar-refractivity contribution is -0.136. The minimum absolute atomic E-state index is 0.179. The molecular weight excluding hydrogens is 537 g/mol. The normalized spacial score (nSPS) is 10.9. The van der Waals surface area contributed by atoms with Crippen molar-refractivity contribution in [3.63, 3.8) is 0 Å². The number of ether oxygens (including phenoxy) is 2. The number of nitrogens with one attached hydrogen (secondary N) is 2. The second kappa shape index (κ2) is 11.4. The lowest BCUT2D eigenvalue weighted by Gasteiger charge is -2.09. The van der Waals surface area contributed by atoms with Crippen LogP contribution < -0.4 is 20.2 Å². The average Bonchev–Trinajstić information content (AvgIpc) is 3.24. The molecule has 3 aromatic carbocycles. The van der Waals surface area contributed by atoms with E-state index in [2.05, 4.69) is 15.8 Å². The molecule has 37 heavy (non-hydrogen) atoms. The van der Waals surface area contributed by atoms with E-state index in [0.29, 0.717) is 26.9 Å². The van der Waals surface area contributed by atoms with Crippen LogP contribution in [0.5, 0.6) is 11.5 Å². The number of nitrogens with zero attached hydrogens (tertiary/aromatic N) is 1. The molecule has 0 aliphatic rings. The highest BCUT2D eigenvalue weighted by atomic mass is 35.5. The highest BCUT2D eigenvalue weighted by Gasteiger charge is 2.20. The van der Waals surface area contributed by atoms with Gasteiger partial charge in [-0.3, -0.25) is 9.59 Å². The van der Waals surface area contributed by atoms with E-state index in [9.17, 15) is 14.4 Å². The molecule has 8 nitrogen and oxygen atoms in total. The van der Waals surface area contributed by atoms with Crippen molar-refractivity contribution in [3.05, 3.63) is 86.7 Å². The highest BCUT2D eigenvalue weighted by molar-refractivity contribution is 7.21. The molecule has 0 aliphatic carbocycles. The van der Waals surface area contributed by atoms with Crippen LogP contribution in [-0.4, -0.2) is 31.1 Å². The number of amides is 2. The van der Waals surface area contributed by atoms with Crippen molar-refractivity contribution in [1.82, 2.24) is 5.43 Å². The minimum Gasteiger partial charge on any atom is -0.493 e. The maximum Gasteiger partial charge on any atom is 0.355 e. The predicted molar refractivity (Wildman–Crippen MR) is 145 cm³/mol. The smallest absolute Gasteiger partial charge is 0.355 e. The van der Waals surface area contributed by atoms with Crippen molar-refractivity contribution in [1.29, 1.82) is 0 Å². The molecule has 1 aromatic heterocycles. The number of carbonyl (C=O) groups is 3. The summed E-state index contributed by atoms with van der Waals surface area (Å²) < 4.78 is 11.7. The van der Waals surface area contributed by atoms with Gasteiger partial charge >= 0.3 is 17.8 Å². The molecule has 0 spiro atoms. The van der Waals surface area contributed by atoms with Crippen molar-refractivity contribution in [3.8, 4) is 11.5 Å². The number of carbonyl (C=O) groups excluding carboxylic acids is 3. The lowest BCUT2D eigenvalue weighted by Crippen LogP contribution is -2.32. The molecule has 188 valence electrons. The Morgan fingerprint density at radius 1 is 0.973 bits per heavy atom. The quantitative estimate of drug-likeness (QED) is 0.102. The maximum absolute atomic E-state index is 12.8. The lowest BCUT2D eigenvalue weighted by atomic mass is 10.2. The summed E-state index contributed by atoms with van der Waals surface area (Å²) >= 11 is 13.6. The van der Waals surface area contributed by atoms with Crippen LogP contribution in [0.15, 0.2) is 65.8 Å². The predicted octanol–water partition coefficient (Wildman–Crippen LogP) is 5.83. The van der Waals surface area contributed by atoms with E-state index in [0.717, 1.165) is 10.1 Å². The van der Waals surface area contributed by atoms with Gasteiger partial charge in [-0.15, -0.1) is 11.3 Å². The van der Waals surface area contributed by atoms with E-state index in [4.69, 9.17) is 32.7 Å². The number of halogens is 2. The first-order valence-corrected chi connectivity index (χ1v) is 12.3. The fraction of sp³-hybridized carbons (Fsp3) is 0.0769. The largest absolute Gasteiger partial charge is 0.493 e. The number of methoxy groups -OCH3 is 1. The SMILES string of the molecule is COc1cc(/C=N/NC(=O)C(=O)Nc2cccc(Cl)c2C)ccc1OC(=O)c1sc2ccccc2c1Cl. The fourth-order valence-corrected chi connectivity index (χ4v) is 4.84. The summed E-state index contributed by atoms with van der Waals surface area (Å²) in [7, 11) is 1.42. The van der Waals surface area contributed by atoms with Gasteiger partial charge in [-0.2, -0.15) is 5.10 Å². The van der Waals surface area contributed by atoms with Crippen molar-refractivity contribution in [2.24, 2.45) is 5.10 Å². The summed E-state index contributed by atoms with van der Waals surface area (Å²) in [6, 6.07) is 17.1. The first-order chi connectivity index (χ1) is 17.8. The molecular formula is C26H19Cl2N3O5S. The molecule has 1 heterocycles. The molecule has 2 N–H and O–H groups in total. The van der Waals surface area contributed by atoms with Crippen molar-refractivity contribution < 1.29 is 23.9 Å². The zero-order valence-corrected chi connectivity index (χ0v) is 21.8. The number of anilines is 1. The molecule has 2 amide bonds. The summed E-state index contributed by atoms with van der Waals surface area (Å²) in [5.74, 6) is -2.04. The van der Waals surface area contributed by atoms with Crippen LogP contribution in [0.3, 0.4) is 0 Å². The summed E-state index contributed by atoms with van der Waals surface area (Å²) in [4.78, 5) is 37.3. The zero-order valence-electron chi connectivity index (χ0n) is 19.5. The van der Waals surface area contributed by atoms with Gasteiger partial charge < -0.3 is 14.8 Å². The summed E-state index contributed by atoms with van der Waals surface area (Å²) in [6.45, 7) is 1.72.